The summed E-state index contributed by atoms with van der Waals surface area (Å²) < 4.78 is 19.0. The van der Waals surface area contributed by atoms with Crippen LogP contribution in [0.5, 0.6) is 5.75 Å². The van der Waals surface area contributed by atoms with Crippen LogP contribution in [-0.4, -0.2) is 26.5 Å². The molecule has 2 aromatic carbocycles. The summed E-state index contributed by atoms with van der Waals surface area (Å²) in [5, 5.41) is 8.83. The highest BCUT2D eigenvalue weighted by atomic mass is 16.5. The molecule has 0 saturated carbocycles. The molecule has 5 rings (SSSR count). The molecule has 0 fully saturated rings. The Balaban J connectivity index is 1.36. The predicted molar refractivity (Wildman–Crippen MR) is 111 cm³/mol. The number of aryl methyl sites for hydroxylation is 1. The van der Waals surface area contributed by atoms with E-state index in [2.05, 4.69) is 15.2 Å². The molecule has 0 amide bonds. The van der Waals surface area contributed by atoms with E-state index in [1.807, 2.05) is 73.1 Å². The highest BCUT2D eigenvalue weighted by Gasteiger charge is 2.24. The van der Waals surface area contributed by atoms with E-state index < -0.39 is 0 Å². The number of benzene rings is 2. The predicted octanol–water partition coefficient (Wildman–Crippen LogP) is 4.58. The smallest absolute Gasteiger partial charge is 0.278 e. The third kappa shape index (κ3) is 3.48. The highest BCUT2D eigenvalue weighted by molar-refractivity contribution is 5.61. The lowest BCUT2D eigenvalue weighted by atomic mass is 10.1. The van der Waals surface area contributed by atoms with Crippen molar-refractivity contribution in [1.82, 2.24) is 19.9 Å². The second-order valence-electron chi connectivity index (χ2n) is 7.24. The summed E-state index contributed by atoms with van der Waals surface area (Å²) >= 11 is 0. The number of rotatable bonds is 5. The lowest BCUT2D eigenvalue weighted by Crippen LogP contribution is -2.21. The van der Waals surface area contributed by atoms with Crippen molar-refractivity contribution >= 4 is 0 Å². The van der Waals surface area contributed by atoms with Crippen molar-refractivity contribution in [3.05, 3.63) is 71.4 Å². The molecule has 0 bridgehead atoms. The normalized spacial score (nSPS) is 15.7. The molecule has 4 aromatic rings. The number of aromatic nitrogens is 4. The van der Waals surface area contributed by atoms with Crippen molar-refractivity contribution in [3.8, 4) is 28.7 Å². The van der Waals surface area contributed by atoms with Gasteiger partial charge in [0.2, 0.25) is 5.82 Å². The summed E-state index contributed by atoms with van der Waals surface area (Å²) in [6, 6.07) is 17.9. The second kappa shape index (κ2) is 7.76. The number of nitrogens with zero attached hydrogens (tertiary/aromatic N) is 4. The van der Waals surface area contributed by atoms with Crippen molar-refractivity contribution in [2.24, 2.45) is 0 Å². The average Bonchev–Trinajstić information content (AvgIpc) is 3.41. The molecule has 7 heteroatoms. The van der Waals surface area contributed by atoms with Crippen molar-refractivity contribution in [1.29, 1.82) is 0 Å². The third-order valence-corrected chi connectivity index (χ3v) is 5.23. The maximum absolute atomic E-state index is 6.06. The summed E-state index contributed by atoms with van der Waals surface area (Å²) in [6.07, 6.45) is -0.0638. The molecule has 30 heavy (non-hydrogen) atoms. The van der Waals surface area contributed by atoms with Gasteiger partial charge in [0.15, 0.2) is 5.69 Å². The Morgan fingerprint density at radius 3 is 2.77 bits per heavy atom. The van der Waals surface area contributed by atoms with Gasteiger partial charge in [0.1, 0.15) is 11.9 Å². The number of hydrogen-bond donors (Lipinski definition) is 0. The lowest BCUT2D eigenvalue weighted by molar-refractivity contribution is -0.00115. The van der Waals surface area contributed by atoms with Gasteiger partial charge in [-0.1, -0.05) is 41.6 Å². The lowest BCUT2D eigenvalue weighted by Gasteiger charge is -2.24. The summed E-state index contributed by atoms with van der Waals surface area (Å²) in [4.78, 5) is 4.55. The van der Waals surface area contributed by atoms with Gasteiger partial charge in [-0.2, -0.15) is 10.1 Å². The first-order valence-electron chi connectivity index (χ1n) is 10.0. The van der Waals surface area contributed by atoms with Crippen molar-refractivity contribution < 1.29 is 14.0 Å². The molecular weight excluding hydrogens is 380 g/mol. The molecule has 0 spiro atoms. The zero-order chi connectivity index (χ0) is 20.5. The minimum absolute atomic E-state index is 0.0638. The first-order chi connectivity index (χ1) is 14.7. The van der Waals surface area contributed by atoms with Crippen LogP contribution < -0.4 is 4.74 Å². The Labute approximate surface area is 174 Å². The summed E-state index contributed by atoms with van der Waals surface area (Å²) in [5.74, 6) is 1.84. The molecule has 1 aliphatic rings. The van der Waals surface area contributed by atoms with Gasteiger partial charge >= 0.3 is 0 Å². The molecule has 152 valence electrons. The minimum atomic E-state index is -0.0638. The first-order valence-corrected chi connectivity index (χ1v) is 10.0. The SMILES string of the molecule is CCOc1ccc([C@H]2Cn3nc(-c4nc(-c5ccccc5C)no4)cc3CO2)cc1. The van der Waals surface area contributed by atoms with Gasteiger partial charge in [0.05, 0.1) is 25.5 Å². The zero-order valence-electron chi connectivity index (χ0n) is 16.9. The van der Waals surface area contributed by atoms with Crippen LogP contribution in [0.1, 0.15) is 29.8 Å². The van der Waals surface area contributed by atoms with Gasteiger partial charge in [-0.25, -0.2) is 0 Å². The standard InChI is InChI=1S/C23H22N4O3/c1-3-28-18-10-8-16(9-11-18)21-13-27-17(14-29-21)12-20(25-27)23-24-22(26-30-23)19-7-5-4-6-15(19)2/h4-12,21H,3,13-14H2,1-2H3/t21-/m1/s1. The van der Waals surface area contributed by atoms with Crippen molar-refractivity contribution in [3.63, 3.8) is 0 Å². The van der Waals surface area contributed by atoms with Gasteiger partial charge in [-0.05, 0) is 43.2 Å². The Bertz CT molecular complexity index is 1160. The van der Waals surface area contributed by atoms with Crippen LogP contribution in [0.3, 0.4) is 0 Å². The fraction of sp³-hybridized carbons (Fsp3) is 0.261. The van der Waals surface area contributed by atoms with E-state index in [4.69, 9.17) is 14.0 Å². The van der Waals surface area contributed by atoms with Crippen molar-refractivity contribution in [2.45, 2.75) is 33.1 Å². The van der Waals surface area contributed by atoms with Crippen LogP contribution in [0, 0.1) is 6.92 Å². The minimum Gasteiger partial charge on any atom is -0.494 e. The van der Waals surface area contributed by atoms with Gasteiger partial charge < -0.3 is 14.0 Å². The maximum atomic E-state index is 6.06. The van der Waals surface area contributed by atoms with Crippen LogP contribution >= 0.6 is 0 Å². The Kier molecular flexibility index (Phi) is 4.80. The first kappa shape index (κ1) is 18.6. The van der Waals surface area contributed by atoms with E-state index in [9.17, 15) is 0 Å². The zero-order valence-corrected chi connectivity index (χ0v) is 16.9. The quantitative estimate of drug-likeness (QED) is 0.486. The fourth-order valence-electron chi connectivity index (χ4n) is 3.64. The molecule has 0 unspecified atom stereocenters. The van der Waals surface area contributed by atoms with Crippen LogP contribution in [0.15, 0.2) is 59.1 Å². The Hall–Kier alpha value is -3.45. The maximum Gasteiger partial charge on any atom is 0.278 e. The summed E-state index contributed by atoms with van der Waals surface area (Å²) in [6.45, 7) is 5.76. The van der Waals surface area contributed by atoms with E-state index in [0.29, 0.717) is 37.2 Å². The van der Waals surface area contributed by atoms with Crippen LogP contribution in [0.2, 0.25) is 0 Å². The van der Waals surface area contributed by atoms with Gasteiger partial charge in [-0.3, -0.25) is 4.68 Å². The van der Waals surface area contributed by atoms with E-state index in [1.54, 1.807) is 0 Å². The van der Waals surface area contributed by atoms with E-state index in [1.165, 1.54) is 0 Å². The molecule has 0 aliphatic carbocycles. The molecule has 7 nitrogen and oxygen atoms in total. The fourth-order valence-corrected chi connectivity index (χ4v) is 3.64. The monoisotopic (exact) mass is 402 g/mol. The molecule has 0 saturated heterocycles. The number of hydrogen-bond acceptors (Lipinski definition) is 6. The molecule has 0 radical (unpaired) electrons. The number of fused-ring (bicyclic) bond motifs is 1. The molecule has 3 heterocycles. The van der Waals surface area contributed by atoms with E-state index >= 15 is 0 Å². The van der Waals surface area contributed by atoms with Crippen LogP contribution in [0.25, 0.3) is 23.0 Å². The Morgan fingerprint density at radius 1 is 1.13 bits per heavy atom. The Morgan fingerprint density at radius 2 is 1.97 bits per heavy atom. The van der Waals surface area contributed by atoms with Gasteiger partial charge in [0, 0.05) is 5.56 Å². The van der Waals surface area contributed by atoms with Crippen LogP contribution in [0.4, 0.5) is 0 Å². The summed E-state index contributed by atoms with van der Waals surface area (Å²) in [5.41, 5.74) is 4.80. The average molecular weight is 402 g/mol. The molecule has 0 N–H and O–H groups in total. The van der Waals surface area contributed by atoms with Gasteiger partial charge in [0.25, 0.3) is 5.89 Å². The van der Waals surface area contributed by atoms with E-state index in [-0.39, 0.29) is 6.10 Å². The van der Waals surface area contributed by atoms with E-state index in [0.717, 1.165) is 28.1 Å². The second-order valence-corrected chi connectivity index (χ2v) is 7.24. The highest BCUT2D eigenvalue weighted by Crippen LogP contribution is 2.30. The van der Waals surface area contributed by atoms with Crippen molar-refractivity contribution in [2.75, 3.05) is 6.61 Å². The number of ether oxygens (including phenoxy) is 2. The molecule has 2 aromatic heterocycles. The molecule has 1 atom stereocenters. The summed E-state index contributed by atoms with van der Waals surface area (Å²) in [7, 11) is 0. The largest absolute Gasteiger partial charge is 0.494 e. The topological polar surface area (TPSA) is 75.2 Å². The van der Waals surface area contributed by atoms with Crippen LogP contribution in [-0.2, 0) is 17.9 Å². The molecule has 1 aliphatic heterocycles. The third-order valence-electron chi connectivity index (χ3n) is 5.23. The molecular formula is C23H22N4O3. The van der Waals surface area contributed by atoms with Gasteiger partial charge in [-0.15, -0.1) is 0 Å².